The van der Waals surface area contributed by atoms with Crippen molar-refractivity contribution in [2.45, 2.75) is 38.5 Å². The monoisotopic (exact) mass is 279 g/mol. The fraction of sp³-hybridized carbons (Fsp3) is 0.917. The molecule has 0 saturated heterocycles. The molecule has 114 valence electrons. The summed E-state index contributed by atoms with van der Waals surface area (Å²) in [6.45, 7) is 2.49. The lowest BCUT2D eigenvalue weighted by atomic mass is 9.97. The molecule has 0 aliphatic carbocycles. The highest BCUT2D eigenvalue weighted by molar-refractivity contribution is 5.73. The number of aliphatic carboxylic acids is 1. The van der Waals surface area contributed by atoms with Crippen molar-refractivity contribution in [3.63, 3.8) is 0 Å². The number of aliphatic hydroxyl groups is 4. The van der Waals surface area contributed by atoms with Crippen molar-refractivity contribution in [3.8, 4) is 0 Å². The molecule has 0 aromatic carbocycles. The lowest BCUT2D eigenvalue weighted by molar-refractivity contribution is -0.147. The van der Waals surface area contributed by atoms with Crippen LogP contribution in [0.25, 0.3) is 0 Å². The van der Waals surface area contributed by atoms with E-state index >= 15 is 0 Å². The fourth-order valence-corrected chi connectivity index (χ4v) is 1.94. The van der Waals surface area contributed by atoms with Crippen molar-refractivity contribution in [1.29, 1.82) is 0 Å². The van der Waals surface area contributed by atoms with Gasteiger partial charge in [0.15, 0.2) is 0 Å². The normalized spacial score (nSPS) is 18.1. The molecule has 4 unspecified atom stereocenters. The minimum atomic E-state index is -1.09. The van der Waals surface area contributed by atoms with E-state index in [1.807, 2.05) is 6.92 Å². The number of hydrogen-bond donors (Lipinski definition) is 5. The summed E-state index contributed by atoms with van der Waals surface area (Å²) in [7, 11) is 0. The molecule has 0 heterocycles. The van der Waals surface area contributed by atoms with Gasteiger partial charge in [0.1, 0.15) is 6.04 Å². The van der Waals surface area contributed by atoms with E-state index < -0.39 is 37.4 Å². The van der Waals surface area contributed by atoms with Gasteiger partial charge in [-0.15, -0.1) is 0 Å². The van der Waals surface area contributed by atoms with E-state index in [2.05, 4.69) is 0 Å². The minimum absolute atomic E-state index is 0.0745. The Kier molecular flexibility index (Phi) is 8.86. The second-order valence-electron chi connectivity index (χ2n) is 4.80. The van der Waals surface area contributed by atoms with Gasteiger partial charge in [0.25, 0.3) is 0 Å². The van der Waals surface area contributed by atoms with Crippen LogP contribution in [0.15, 0.2) is 0 Å². The van der Waals surface area contributed by atoms with Crippen LogP contribution in [-0.4, -0.2) is 81.0 Å². The van der Waals surface area contributed by atoms with E-state index in [1.165, 1.54) is 4.90 Å². The Labute approximate surface area is 113 Å². The molecule has 0 spiro atoms. The summed E-state index contributed by atoms with van der Waals surface area (Å²) < 4.78 is 0. The van der Waals surface area contributed by atoms with Crippen LogP contribution in [-0.2, 0) is 4.79 Å². The molecule has 0 aromatic heterocycles. The SMILES string of the molecule is CCC(C)C(C(=O)O)N(CC(O)CO)CC(O)CO. The standard InChI is InChI=1S/C12H25NO6/c1-3-8(2)11(12(18)19)13(4-9(16)6-14)5-10(17)7-15/h8-11,14-17H,3-7H2,1-2H3,(H,18,19). The quantitative estimate of drug-likeness (QED) is 0.330. The molecule has 4 atom stereocenters. The summed E-state index contributed by atoms with van der Waals surface area (Å²) in [5.41, 5.74) is 0. The first-order valence-corrected chi connectivity index (χ1v) is 6.41. The summed E-state index contributed by atoms with van der Waals surface area (Å²) in [5.74, 6) is -1.24. The molecule has 0 aliphatic heterocycles. The Morgan fingerprint density at radius 2 is 1.53 bits per heavy atom. The lowest BCUT2D eigenvalue weighted by Crippen LogP contribution is -2.52. The molecule has 0 amide bonds. The third kappa shape index (κ3) is 6.31. The zero-order chi connectivity index (χ0) is 15.0. The molecule has 0 rings (SSSR count). The maximum Gasteiger partial charge on any atom is 0.321 e. The summed E-state index contributed by atoms with van der Waals surface area (Å²) in [5, 5.41) is 45.9. The van der Waals surface area contributed by atoms with E-state index in [1.54, 1.807) is 6.92 Å². The zero-order valence-electron chi connectivity index (χ0n) is 11.4. The number of aliphatic hydroxyl groups excluding tert-OH is 4. The van der Waals surface area contributed by atoms with Crippen LogP contribution in [0.1, 0.15) is 20.3 Å². The third-order valence-electron chi connectivity index (χ3n) is 3.14. The van der Waals surface area contributed by atoms with Crippen LogP contribution in [0.3, 0.4) is 0 Å². The maximum atomic E-state index is 11.4. The van der Waals surface area contributed by atoms with Crippen molar-refractivity contribution < 1.29 is 30.3 Å². The zero-order valence-corrected chi connectivity index (χ0v) is 11.4. The Hall–Kier alpha value is -0.730. The van der Waals surface area contributed by atoms with Gasteiger partial charge in [-0.2, -0.15) is 0 Å². The van der Waals surface area contributed by atoms with Crippen molar-refractivity contribution >= 4 is 5.97 Å². The van der Waals surface area contributed by atoms with Gasteiger partial charge in [0.05, 0.1) is 25.4 Å². The van der Waals surface area contributed by atoms with Crippen molar-refractivity contribution in [2.75, 3.05) is 26.3 Å². The predicted octanol–water partition coefficient (Wildman–Crippen LogP) is -1.51. The van der Waals surface area contributed by atoms with Crippen molar-refractivity contribution in [2.24, 2.45) is 5.92 Å². The van der Waals surface area contributed by atoms with Gasteiger partial charge in [-0.1, -0.05) is 20.3 Å². The number of carboxylic acid groups (broad SMARTS) is 1. The van der Waals surface area contributed by atoms with Crippen molar-refractivity contribution in [1.82, 2.24) is 4.90 Å². The molecule has 0 bridgehead atoms. The predicted molar refractivity (Wildman–Crippen MR) is 68.6 cm³/mol. The second-order valence-corrected chi connectivity index (χ2v) is 4.80. The fourth-order valence-electron chi connectivity index (χ4n) is 1.94. The molecule has 7 nitrogen and oxygen atoms in total. The highest BCUT2D eigenvalue weighted by atomic mass is 16.4. The number of rotatable bonds is 10. The Morgan fingerprint density at radius 3 is 1.79 bits per heavy atom. The van der Waals surface area contributed by atoms with E-state index in [0.717, 1.165) is 0 Å². The summed E-state index contributed by atoms with van der Waals surface area (Å²) >= 11 is 0. The molecule has 7 heteroatoms. The average Bonchev–Trinajstić information content (AvgIpc) is 2.37. The molecule has 0 aromatic rings. The molecule has 5 N–H and O–H groups in total. The second kappa shape index (κ2) is 9.22. The smallest absolute Gasteiger partial charge is 0.321 e. The Morgan fingerprint density at radius 1 is 1.11 bits per heavy atom. The van der Waals surface area contributed by atoms with Gasteiger partial charge >= 0.3 is 5.97 Å². The lowest BCUT2D eigenvalue weighted by Gasteiger charge is -2.34. The van der Waals surface area contributed by atoms with Crippen LogP contribution in [0, 0.1) is 5.92 Å². The number of nitrogens with zero attached hydrogens (tertiary/aromatic N) is 1. The van der Waals surface area contributed by atoms with Crippen molar-refractivity contribution in [3.05, 3.63) is 0 Å². The van der Waals surface area contributed by atoms with Crippen LogP contribution < -0.4 is 0 Å². The average molecular weight is 279 g/mol. The van der Waals surface area contributed by atoms with Crippen LogP contribution in [0.5, 0.6) is 0 Å². The molecule has 0 radical (unpaired) electrons. The van der Waals surface area contributed by atoms with E-state index in [4.69, 9.17) is 10.2 Å². The molecule has 0 aliphatic rings. The maximum absolute atomic E-state index is 11.4. The summed E-state index contributed by atoms with van der Waals surface area (Å²) in [6.07, 6.45) is -1.55. The minimum Gasteiger partial charge on any atom is -0.480 e. The van der Waals surface area contributed by atoms with E-state index in [9.17, 15) is 20.1 Å². The third-order valence-corrected chi connectivity index (χ3v) is 3.14. The van der Waals surface area contributed by atoms with Gasteiger partial charge < -0.3 is 25.5 Å². The number of carboxylic acids is 1. The van der Waals surface area contributed by atoms with Gasteiger partial charge in [0.2, 0.25) is 0 Å². The number of carbonyl (C=O) groups is 1. The van der Waals surface area contributed by atoms with Crippen LogP contribution in [0.4, 0.5) is 0 Å². The van der Waals surface area contributed by atoms with Gasteiger partial charge in [-0.25, -0.2) is 0 Å². The highest BCUT2D eigenvalue weighted by Gasteiger charge is 2.32. The van der Waals surface area contributed by atoms with E-state index in [-0.39, 0.29) is 19.0 Å². The van der Waals surface area contributed by atoms with Gasteiger partial charge in [-0.3, -0.25) is 9.69 Å². The van der Waals surface area contributed by atoms with Gasteiger partial charge in [0, 0.05) is 13.1 Å². The molecule has 0 fully saturated rings. The van der Waals surface area contributed by atoms with Gasteiger partial charge in [-0.05, 0) is 5.92 Å². The first-order valence-electron chi connectivity index (χ1n) is 6.41. The molecular formula is C12H25NO6. The van der Waals surface area contributed by atoms with Crippen LogP contribution in [0.2, 0.25) is 0 Å². The summed E-state index contributed by atoms with van der Waals surface area (Å²) in [4.78, 5) is 12.7. The first-order chi connectivity index (χ1) is 8.87. The Balaban J connectivity index is 4.97. The molecule has 0 saturated carbocycles. The molecule has 19 heavy (non-hydrogen) atoms. The number of hydrogen-bond acceptors (Lipinski definition) is 6. The largest absolute Gasteiger partial charge is 0.480 e. The summed E-state index contributed by atoms with van der Waals surface area (Å²) in [6, 6.07) is -0.882. The Bertz CT molecular complexity index is 251. The topological polar surface area (TPSA) is 121 Å². The van der Waals surface area contributed by atoms with E-state index in [0.29, 0.717) is 6.42 Å². The van der Waals surface area contributed by atoms with Crippen LogP contribution >= 0.6 is 0 Å². The molecular weight excluding hydrogens is 254 g/mol. The highest BCUT2D eigenvalue weighted by Crippen LogP contribution is 2.16. The first kappa shape index (κ1) is 18.3.